The fourth-order valence-corrected chi connectivity index (χ4v) is 9.13. The van der Waals surface area contributed by atoms with Crippen molar-refractivity contribution in [2.45, 2.75) is 129 Å². The molecule has 0 aromatic heterocycles. The Morgan fingerprint density at radius 2 is 0.933 bits per heavy atom. The van der Waals surface area contributed by atoms with Gasteiger partial charge in [0, 0.05) is 43.4 Å². The Morgan fingerprint density at radius 3 is 1.27 bits per heavy atom. The summed E-state index contributed by atoms with van der Waals surface area (Å²) in [6.07, 6.45) is 0.0758. The van der Waals surface area contributed by atoms with Crippen molar-refractivity contribution in [2.75, 3.05) is 47.5 Å². The first-order valence-electron chi connectivity index (χ1n) is 25.5. The molecule has 2 aliphatic rings. The molecule has 3 aromatic rings. The van der Waals surface area contributed by atoms with Crippen LogP contribution in [0, 0.1) is 10.8 Å². The van der Waals surface area contributed by atoms with E-state index in [-0.39, 0.29) is 43.7 Å². The molecule has 75 heavy (non-hydrogen) atoms. The number of hydrogen-bond acceptors (Lipinski definition) is 12. The predicted octanol–water partition coefficient (Wildman–Crippen LogP) is 1.72. The number of hydrogen-bond donors (Lipinski definition) is 9. The maximum Gasteiger partial charge on any atom is 0.251 e. The lowest BCUT2D eigenvalue weighted by Gasteiger charge is -2.36. The maximum absolute atomic E-state index is 14.6. The Labute approximate surface area is 440 Å². The molecule has 8 amide bonds. The Balaban J connectivity index is 1.34. The number of methoxy groups -OCH3 is 1. The average molecular weight is 1040 g/mol. The second-order valence-electron chi connectivity index (χ2n) is 21.6. The van der Waals surface area contributed by atoms with Gasteiger partial charge in [0.1, 0.15) is 24.2 Å². The van der Waals surface area contributed by atoms with E-state index in [1.807, 2.05) is 57.2 Å². The second-order valence-corrected chi connectivity index (χ2v) is 21.6. The van der Waals surface area contributed by atoms with Crippen LogP contribution in [0.1, 0.15) is 112 Å². The normalized spacial score (nSPS) is 20.1. The summed E-state index contributed by atoms with van der Waals surface area (Å²) in [5.41, 5.74) is 0.272. The van der Waals surface area contributed by atoms with Crippen LogP contribution < -0.4 is 42.5 Å². The molecule has 408 valence electrons. The lowest BCUT2D eigenvalue weighted by molar-refractivity contribution is -0.144. The number of aliphatic hydroxyl groups is 1. The molecule has 2 saturated heterocycles. The van der Waals surface area contributed by atoms with Crippen molar-refractivity contribution in [3.8, 4) is 0 Å². The number of likely N-dealkylation sites (N-methyl/N-ethyl adjacent to an activating group) is 2. The number of carbonyl (C=O) groups excluding carboxylic acids is 8. The Kier molecular flexibility index (Phi) is 20.6. The molecule has 20 nitrogen and oxygen atoms in total. The molecule has 0 unspecified atom stereocenters. The first-order chi connectivity index (χ1) is 35.4. The number of rotatable bonds is 21. The highest BCUT2D eigenvalue weighted by atomic mass is 16.5. The molecule has 0 spiro atoms. The van der Waals surface area contributed by atoms with E-state index in [1.165, 1.54) is 41.2 Å². The summed E-state index contributed by atoms with van der Waals surface area (Å²) >= 11 is 0. The van der Waals surface area contributed by atoms with Gasteiger partial charge in [-0.05, 0) is 87.0 Å². The number of likely N-dealkylation sites (tertiary alicyclic amines) is 2. The van der Waals surface area contributed by atoms with Gasteiger partial charge in [-0.1, -0.05) is 102 Å². The number of aliphatic hydroxyl groups excluding tert-OH is 1. The topological polar surface area (TPSA) is 269 Å². The van der Waals surface area contributed by atoms with Crippen molar-refractivity contribution in [1.29, 1.82) is 0 Å². The summed E-state index contributed by atoms with van der Waals surface area (Å²) in [6, 6.07) is 15.9. The lowest BCUT2D eigenvalue weighted by atomic mass is 9.85. The van der Waals surface area contributed by atoms with E-state index in [1.54, 1.807) is 73.0 Å². The summed E-state index contributed by atoms with van der Waals surface area (Å²) in [4.78, 5) is 114. The minimum absolute atomic E-state index is 0.0195. The van der Waals surface area contributed by atoms with Crippen LogP contribution >= 0.6 is 0 Å². The van der Waals surface area contributed by atoms with Crippen LogP contribution in [0.4, 0.5) is 0 Å². The molecule has 9 N–H and O–H groups in total. The molecule has 3 aromatic carbocycles. The zero-order chi connectivity index (χ0) is 55.4. The van der Waals surface area contributed by atoms with Crippen molar-refractivity contribution in [3.63, 3.8) is 0 Å². The molecule has 5 rings (SSSR count). The third-order valence-electron chi connectivity index (χ3n) is 13.9. The molecular weight excluding hydrogens is 961 g/mol. The molecular formula is C55H78N10O10. The minimum Gasteiger partial charge on any atom is -0.394 e. The summed E-state index contributed by atoms with van der Waals surface area (Å²) in [5.74, 6) is -3.89. The second kappa shape index (κ2) is 26.2. The van der Waals surface area contributed by atoms with E-state index in [0.29, 0.717) is 5.56 Å². The summed E-state index contributed by atoms with van der Waals surface area (Å²) in [6.45, 7) is 13.8. The Morgan fingerprint density at radius 1 is 0.573 bits per heavy atom. The number of amides is 8. The summed E-state index contributed by atoms with van der Waals surface area (Å²) < 4.78 is 5.45. The van der Waals surface area contributed by atoms with Crippen molar-refractivity contribution in [1.82, 2.24) is 52.3 Å². The summed E-state index contributed by atoms with van der Waals surface area (Å²) in [5, 5.41) is 33.6. The molecule has 20 heteroatoms. The van der Waals surface area contributed by atoms with E-state index in [4.69, 9.17) is 4.74 Å². The summed E-state index contributed by atoms with van der Waals surface area (Å²) in [7, 11) is 4.78. The molecule has 0 bridgehead atoms. The van der Waals surface area contributed by atoms with Gasteiger partial charge in [0.15, 0.2) is 0 Å². The first kappa shape index (κ1) is 59.1. The largest absolute Gasteiger partial charge is 0.394 e. The predicted molar refractivity (Wildman–Crippen MR) is 283 cm³/mol. The third kappa shape index (κ3) is 15.4. The number of nitrogens with zero attached hydrogens (tertiary/aromatic N) is 2. The quantitative estimate of drug-likeness (QED) is 0.0739. The van der Waals surface area contributed by atoms with Gasteiger partial charge < -0.3 is 62.2 Å². The zero-order valence-corrected chi connectivity index (χ0v) is 45.1. The van der Waals surface area contributed by atoms with Crippen LogP contribution in [-0.2, 0) is 33.5 Å². The van der Waals surface area contributed by atoms with Crippen molar-refractivity contribution >= 4 is 47.3 Å². The number of ether oxygens (including phenoxy) is 1. The highest BCUT2D eigenvalue weighted by Gasteiger charge is 2.48. The van der Waals surface area contributed by atoms with Gasteiger partial charge in [0.25, 0.3) is 11.8 Å². The lowest BCUT2D eigenvalue weighted by Crippen LogP contribution is -2.59. The Bertz CT molecular complexity index is 2460. The van der Waals surface area contributed by atoms with E-state index in [0.717, 1.165) is 5.56 Å². The standard InChI is InChI=1S/C55H78N10O10/c1-32(56-9)46(67)62-44(54(3,4)5)52(73)64-28-38(26-42(64)50(71)60-40(30-66)34-18-14-12-15-19-34)58-48(69)36-22-24-37(25-23-36)49(70)59-39-27-43(51(72)61-41(31-75-11)35-20-16-13-17-21-35)65(29-39)53(74)45(55(6,7)8)63-47(68)33(2)57-10/h12-25,32-33,38-45,56-57,66H,26-31H2,1-11H3,(H,58,69)(H,59,70)(H,60,71)(H,61,72)(H,62,67)(H,63,68)/t32-,33-,38-,39-,40+,41+,42-,43-,44+,45+/m0/s1. The Hall–Kier alpha value is -6.74. The van der Waals surface area contributed by atoms with E-state index >= 15 is 0 Å². The number of benzene rings is 3. The number of carbonyl (C=O) groups is 8. The van der Waals surface area contributed by atoms with E-state index in [9.17, 15) is 43.5 Å². The van der Waals surface area contributed by atoms with Crippen LogP contribution in [0.5, 0.6) is 0 Å². The van der Waals surface area contributed by atoms with E-state index < -0.39 is 125 Å². The van der Waals surface area contributed by atoms with E-state index in [2.05, 4.69) is 42.5 Å². The molecule has 2 heterocycles. The monoisotopic (exact) mass is 1040 g/mol. The van der Waals surface area contributed by atoms with Crippen molar-refractivity contribution in [3.05, 3.63) is 107 Å². The van der Waals surface area contributed by atoms with Gasteiger partial charge in [-0.15, -0.1) is 0 Å². The molecule has 10 atom stereocenters. The zero-order valence-electron chi connectivity index (χ0n) is 45.1. The van der Waals surface area contributed by atoms with Gasteiger partial charge in [-0.3, -0.25) is 38.4 Å². The van der Waals surface area contributed by atoms with Crippen LogP contribution in [0.2, 0.25) is 0 Å². The molecule has 0 aliphatic carbocycles. The smallest absolute Gasteiger partial charge is 0.251 e. The maximum atomic E-state index is 14.6. The first-order valence-corrected chi connectivity index (χ1v) is 25.5. The van der Waals surface area contributed by atoms with Crippen LogP contribution in [0.3, 0.4) is 0 Å². The van der Waals surface area contributed by atoms with Gasteiger partial charge in [-0.25, -0.2) is 0 Å². The SMILES string of the molecule is CN[C@@H](C)C(=O)N[C@H](C(=O)N1C[C@@H](NC(=O)c2ccc(C(=O)N[C@H]3C[C@@H](C(=O)N[C@H](COC)c4ccccc4)N(C(=O)[C@@H](NC(=O)[C@H](C)NC)C(C)(C)C)C3)cc2)C[C@H]1C(=O)N[C@H](CO)c1ccccc1)C(C)(C)C. The van der Waals surface area contributed by atoms with Crippen LogP contribution in [0.25, 0.3) is 0 Å². The van der Waals surface area contributed by atoms with Crippen LogP contribution in [-0.4, -0.2) is 158 Å². The molecule has 2 aliphatic heterocycles. The molecule has 0 saturated carbocycles. The van der Waals surface area contributed by atoms with Gasteiger partial charge >= 0.3 is 0 Å². The fraction of sp³-hybridized carbons (Fsp3) is 0.527. The molecule has 0 radical (unpaired) electrons. The van der Waals surface area contributed by atoms with Gasteiger partial charge in [-0.2, -0.15) is 0 Å². The fourth-order valence-electron chi connectivity index (χ4n) is 9.13. The molecule has 2 fully saturated rings. The minimum atomic E-state index is -1.08. The highest BCUT2D eigenvalue weighted by molar-refractivity contribution is 5.99. The third-order valence-corrected chi connectivity index (χ3v) is 13.9. The number of nitrogens with one attached hydrogen (secondary N) is 8. The van der Waals surface area contributed by atoms with Crippen LogP contribution in [0.15, 0.2) is 84.9 Å². The van der Waals surface area contributed by atoms with Gasteiger partial charge in [0.05, 0.1) is 37.4 Å². The van der Waals surface area contributed by atoms with Crippen molar-refractivity contribution < 1.29 is 48.2 Å². The van der Waals surface area contributed by atoms with Crippen molar-refractivity contribution in [2.24, 2.45) is 10.8 Å². The van der Waals surface area contributed by atoms with Gasteiger partial charge in [0.2, 0.25) is 35.4 Å². The highest BCUT2D eigenvalue weighted by Crippen LogP contribution is 2.30. The average Bonchev–Trinajstić information content (AvgIpc) is 4.02.